The second-order valence-electron chi connectivity index (χ2n) is 3.96. The van der Waals surface area contributed by atoms with Gasteiger partial charge in [-0.05, 0) is 25.6 Å². The molecule has 0 spiro atoms. The maximum Gasteiger partial charge on any atom is 0.146 e. The Labute approximate surface area is 115 Å². The first-order valence-electron chi connectivity index (χ1n) is 5.96. The molecule has 1 N–H and O–H groups in total. The quantitative estimate of drug-likeness (QED) is 0.863. The molecule has 5 heteroatoms. The van der Waals surface area contributed by atoms with Crippen molar-refractivity contribution in [1.82, 2.24) is 15.3 Å². The zero-order valence-corrected chi connectivity index (χ0v) is 12.1. The summed E-state index contributed by atoms with van der Waals surface area (Å²) in [6.07, 6.45) is 1.57. The van der Waals surface area contributed by atoms with Gasteiger partial charge in [-0.1, -0.05) is 22.9 Å². The van der Waals surface area contributed by atoms with Crippen LogP contribution in [0.2, 0.25) is 0 Å². The van der Waals surface area contributed by atoms with Crippen molar-refractivity contribution >= 4 is 26.8 Å². The first-order valence-corrected chi connectivity index (χ1v) is 6.76. The molecule has 1 aromatic carbocycles. The number of ether oxygens (including phenoxy) is 1. The molecule has 2 rings (SSSR count). The van der Waals surface area contributed by atoms with Crippen molar-refractivity contribution in [1.29, 1.82) is 0 Å². The first kappa shape index (κ1) is 13.2. The fourth-order valence-electron chi connectivity index (χ4n) is 1.75. The summed E-state index contributed by atoms with van der Waals surface area (Å²) in [7, 11) is 0. The molecule has 0 radical (unpaired) electrons. The average Bonchev–Trinajstić information content (AvgIpc) is 2.36. The summed E-state index contributed by atoms with van der Waals surface area (Å²) in [6, 6.07) is 3.96. The largest absolute Gasteiger partial charge is 0.490 e. The maximum absolute atomic E-state index is 5.77. The summed E-state index contributed by atoms with van der Waals surface area (Å²) >= 11 is 3.49. The second-order valence-corrected chi connectivity index (χ2v) is 4.88. The Hall–Kier alpha value is -1.20. The lowest BCUT2D eigenvalue weighted by molar-refractivity contribution is 0.318. The normalized spacial score (nSPS) is 10.8. The number of fused-ring (bicyclic) bond motifs is 1. The van der Waals surface area contributed by atoms with Crippen molar-refractivity contribution in [2.24, 2.45) is 0 Å². The molecule has 0 aliphatic heterocycles. The predicted molar refractivity (Wildman–Crippen MR) is 76.0 cm³/mol. The Morgan fingerprint density at radius 1 is 1.33 bits per heavy atom. The van der Waals surface area contributed by atoms with Crippen molar-refractivity contribution in [3.63, 3.8) is 0 Å². The maximum atomic E-state index is 5.77. The summed E-state index contributed by atoms with van der Waals surface area (Å²) in [5, 5.41) is 4.24. The van der Waals surface area contributed by atoms with Gasteiger partial charge in [-0.2, -0.15) is 0 Å². The molecule has 0 atom stereocenters. The highest BCUT2D eigenvalue weighted by Gasteiger charge is 2.08. The zero-order chi connectivity index (χ0) is 13.0. The molecular weight excluding hydrogens is 294 g/mol. The van der Waals surface area contributed by atoms with Crippen molar-refractivity contribution < 1.29 is 4.74 Å². The molecule has 4 nitrogen and oxygen atoms in total. The molecule has 0 saturated heterocycles. The minimum Gasteiger partial charge on any atom is -0.490 e. The number of hydrogen-bond acceptors (Lipinski definition) is 4. The zero-order valence-electron chi connectivity index (χ0n) is 10.5. The van der Waals surface area contributed by atoms with Crippen LogP contribution in [0, 0.1) is 6.92 Å². The van der Waals surface area contributed by atoms with Crippen LogP contribution in [-0.4, -0.2) is 29.7 Å². The predicted octanol–water partition coefficient (Wildman–Crippen LogP) is 2.69. The van der Waals surface area contributed by atoms with Crippen molar-refractivity contribution in [3.05, 3.63) is 28.6 Å². The molecule has 1 aromatic heterocycles. The van der Waals surface area contributed by atoms with Crippen LogP contribution < -0.4 is 10.1 Å². The number of nitrogens with one attached hydrogen (secondary N) is 1. The molecule has 96 valence electrons. The van der Waals surface area contributed by atoms with Crippen molar-refractivity contribution in [2.45, 2.75) is 13.8 Å². The fraction of sp³-hybridized carbons (Fsp3) is 0.385. The van der Waals surface area contributed by atoms with Gasteiger partial charge in [0.25, 0.3) is 0 Å². The highest BCUT2D eigenvalue weighted by molar-refractivity contribution is 9.10. The monoisotopic (exact) mass is 309 g/mol. The van der Waals surface area contributed by atoms with E-state index in [4.69, 9.17) is 4.74 Å². The lowest BCUT2D eigenvalue weighted by Crippen LogP contribution is -2.20. The van der Waals surface area contributed by atoms with E-state index in [0.717, 1.165) is 39.9 Å². The van der Waals surface area contributed by atoms with Crippen LogP contribution in [0.15, 0.2) is 22.9 Å². The van der Waals surface area contributed by atoms with E-state index in [9.17, 15) is 0 Å². The van der Waals surface area contributed by atoms with Gasteiger partial charge in [0.05, 0.1) is 0 Å². The Morgan fingerprint density at radius 2 is 2.17 bits per heavy atom. The number of rotatable bonds is 5. The SMILES string of the molecule is CCNCCOc1cc(Br)cc2c(C)ncnc12. The third kappa shape index (κ3) is 2.97. The molecule has 18 heavy (non-hydrogen) atoms. The highest BCUT2D eigenvalue weighted by Crippen LogP contribution is 2.29. The topological polar surface area (TPSA) is 47.0 Å². The van der Waals surface area contributed by atoms with E-state index < -0.39 is 0 Å². The van der Waals surface area contributed by atoms with Gasteiger partial charge in [0.1, 0.15) is 24.2 Å². The summed E-state index contributed by atoms with van der Waals surface area (Å²) in [5.41, 5.74) is 1.82. The van der Waals surface area contributed by atoms with Gasteiger partial charge in [-0.3, -0.25) is 0 Å². The van der Waals surface area contributed by atoms with Gasteiger partial charge in [0, 0.05) is 22.1 Å². The number of aromatic nitrogens is 2. The van der Waals surface area contributed by atoms with E-state index in [1.807, 2.05) is 19.1 Å². The van der Waals surface area contributed by atoms with E-state index >= 15 is 0 Å². The molecule has 0 unspecified atom stereocenters. The van der Waals surface area contributed by atoms with Crippen molar-refractivity contribution in [3.8, 4) is 5.75 Å². The van der Waals surface area contributed by atoms with Gasteiger partial charge in [-0.25, -0.2) is 9.97 Å². The van der Waals surface area contributed by atoms with E-state index in [1.54, 1.807) is 6.33 Å². The molecule has 0 amide bonds. The van der Waals surface area contributed by atoms with E-state index in [2.05, 4.69) is 38.1 Å². The molecule has 0 bridgehead atoms. The molecule has 0 saturated carbocycles. The van der Waals surface area contributed by atoms with E-state index in [-0.39, 0.29) is 0 Å². The summed E-state index contributed by atoms with van der Waals surface area (Å²) in [6.45, 7) is 6.45. The molecule has 0 aliphatic carbocycles. The first-order chi connectivity index (χ1) is 8.72. The van der Waals surface area contributed by atoms with Crippen molar-refractivity contribution in [2.75, 3.05) is 19.7 Å². The fourth-order valence-corrected chi connectivity index (χ4v) is 2.18. The van der Waals surface area contributed by atoms with Crippen LogP contribution in [-0.2, 0) is 0 Å². The highest BCUT2D eigenvalue weighted by atomic mass is 79.9. The van der Waals surface area contributed by atoms with Crippen LogP contribution in [0.1, 0.15) is 12.6 Å². The van der Waals surface area contributed by atoms with Gasteiger partial charge >= 0.3 is 0 Å². The Morgan fingerprint density at radius 3 is 2.94 bits per heavy atom. The number of likely N-dealkylation sites (N-methyl/N-ethyl adjacent to an activating group) is 1. The standard InChI is InChI=1S/C13H16BrN3O/c1-3-15-4-5-18-12-7-10(14)6-11-9(2)16-8-17-13(11)12/h6-8,15H,3-5H2,1-2H3. The molecule has 2 aromatic rings. The number of halogens is 1. The van der Waals surface area contributed by atoms with Crippen LogP contribution in [0.5, 0.6) is 5.75 Å². The molecule has 0 fully saturated rings. The summed E-state index contributed by atoms with van der Waals surface area (Å²) in [5.74, 6) is 0.794. The number of aryl methyl sites for hydroxylation is 1. The number of hydrogen-bond donors (Lipinski definition) is 1. The molecular formula is C13H16BrN3O. The van der Waals surface area contributed by atoms with Gasteiger partial charge in [0.2, 0.25) is 0 Å². The van der Waals surface area contributed by atoms with Gasteiger partial charge < -0.3 is 10.1 Å². The van der Waals surface area contributed by atoms with Gasteiger partial charge in [0.15, 0.2) is 0 Å². The number of nitrogens with zero attached hydrogens (tertiary/aromatic N) is 2. The lowest BCUT2D eigenvalue weighted by atomic mass is 10.2. The van der Waals surface area contributed by atoms with Crippen LogP contribution >= 0.6 is 15.9 Å². The average molecular weight is 310 g/mol. The Balaban J connectivity index is 2.29. The van der Waals surface area contributed by atoms with E-state index in [0.29, 0.717) is 6.61 Å². The summed E-state index contributed by atoms with van der Waals surface area (Å²) < 4.78 is 6.75. The minimum atomic E-state index is 0.627. The second kappa shape index (κ2) is 6.11. The minimum absolute atomic E-state index is 0.627. The van der Waals surface area contributed by atoms with Crippen LogP contribution in [0.25, 0.3) is 10.9 Å². The smallest absolute Gasteiger partial charge is 0.146 e. The lowest BCUT2D eigenvalue weighted by Gasteiger charge is -2.10. The third-order valence-electron chi connectivity index (χ3n) is 2.65. The van der Waals surface area contributed by atoms with Crippen LogP contribution in [0.3, 0.4) is 0 Å². The van der Waals surface area contributed by atoms with Crippen LogP contribution in [0.4, 0.5) is 0 Å². The third-order valence-corrected chi connectivity index (χ3v) is 3.11. The van der Waals surface area contributed by atoms with Gasteiger partial charge in [-0.15, -0.1) is 0 Å². The Kier molecular flexibility index (Phi) is 4.49. The molecule has 1 heterocycles. The molecule has 0 aliphatic rings. The Bertz CT molecular complexity index is 545. The number of benzene rings is 1. The van der Waals surface area contributed by atoms with E-state index in [1.165, 1.54) is 0 Å². The summed E-state index contributed by atoms with van der Waals surface area (Å²) in [4.78, 5) is 8.50.